The Balaban J connectivity index is 1.61. The quantitative estimate of drug-likeness (QED) is 0.750. The molecular formula is C16H13ClN4O2. The third kappa shape index (κ3) is 4.08. The van der Waals surface area contributed by atoms with Gasteiger partial charge >= 0.3 is 0 Å². The molecule has 0 aliphatic heterocycles. The number of furan rings is 1. The second-order valence-electron chi connectivity index (χ2n) is 4.69. The molecule has 2 N–H and O–H groups in total. The van der Waals surface area contributed by atoms with Gasteiger partial charge in [0.2, 0.25) is 5.95 Å². The van der Waals surface area contributed by atoms with Crippen molar-refractivity contribution in [1.29, 1.82) is 0 Å². The topological polar surface area (TPSA) is 80.0 Å². The number of rotatable bonds is 5. The number of nitrogens with one attached hydrogen (secondary N) is 2. The van der Waals surface area contributed by atoms with Crippen LogP contribution >= 0.6 is 11.6 Å². The van der Waals surface area contributed by atoms with Crippen molar-refractivity contribution in [3.05, 3.63) is 71.4 Å². The molecule has 0 aliphatic rings. The van der Waals surface area contributed by atoms with Crippen molar-refractivity contribution >= 4 is 29.1 Å². The summed E-state index contributed by atoms with van der Waals surface area (Å²) in [5, 5.41) is 6.35. The lowest BCUT2D eigenvalue weighted by atomic mass is 10.3. The van der Waals surface area contributed by atoms with E-state index in [1.807, 2.05) is 12.1 Å². The highest BCUT2D eigenvalue weighted by atomic mass is 35.5. The Hall–Kier alpha value is -2.86. The molecule has 0 saturated heterocycles. The van der Waals surface area contributed by atoms with Gasteiger partial charge in [-0.05, 0) is 30.3 Å². The first-order valence-electron chi connectivity index (χ1n) is 6.86. The van der Waals surface area contributed by atoms with Gasteiger partial charge in [0.1, 0.15) is 5.76 Å². The Morgan fingerprint density at radius 3 is 2.70 bits per heavy atom. The van der Waals surface area contributed by atoms with Crippen LogP contribution in [-0.4, -0.2) is 15.9 Å². The minimum Gasteiger partial charge on any atom is -0.467 e. The normalized spacial score (nSPS) is 10.3. The molecule has 7 heteroatoms. The van der Waals surface area contributed by atoms with Crippen LogP contribution in [-0.2, 0) is 6.54 Å². The Bertz CT molecular complexity index is 788. The van der Waals surface area contributed by atoms with Gasteiger partial charge in [0.15, 0.2) is 0 Å². The largest absolute Gasteiger partial charge is 0.467 e. The summed E-state index contributed by atoms with van der Waals surface area (Å²) >= 11 is 5.91. The van der Waals surface area contributed by atoms with Crippen molar-refractivity contribution in [2.45, 2.75) is 6.54 Å². The molecule has 1 aromatic carbocycles. The fourth-order valence-corrected chi connectivity index (χ4v) is 2.08. The molecule has 116 valence electrons. The van der Waals surface area contributed by atoms with Crippen LogP contribution in [0.5, 0.6) is 0 Å². The zero-order valence-electron chi connectivity index (χ0n) is 12.0. The van der Waals surface area contributed by atoms with E-state index in [4.69, 9.17) is 16.0 Å². The van der Waals surface area contributed by atoms with E-state index in [0.29, 0.717) is 28.8 Å². The number of nitrogens with zero attached hydrogens (tertiary/aromatic N) is 2. The third-order valence-electron chi connectivity index (χ3n) is 3.00. The average Bonchev–Trinajstić information content (AvgIpc) is 3.07. The number of anilines is 2. The van der Waals surface area contributed by atoms with Crippen molar-refractivity contribution in [1.82, 2.24) is 15.3 Å². The van der Waals surface area contributed by atoms with Gasteiger partial charge in [0, 0.05) is 23.1 Å². The molecule has 6 nitrogen and oxygen atoms in total. The lowest BCUT2D eigenvalue weighted by molar-refractivity contribution is 0.0947. The number of hydrogen-bond donors (Lipinski definition) is 2. The first kappa shape index (κ1) is 15.1. The van der Waals surface area contributed by atoms with Gasteiger partial charge in [0.25, 0.3) is 5.91 Å². The van der Waals surface area contributed by atoms with Crippen LogP contribution in [0.15, 0.2) is 59.5 Å². The molecule has 0 aliphatic carbocycles. The van der Waals surface area contributed by atoms with Gasteiger partial charge in [-0.2, -0.15) is 0 Å². The molecule has 0 saturated carbocycles. The van der Waals surface area contributed by atoms with Crippen LogP contribution in [0.3, 0.4) is 0 Å². The summed E-state index contributed by atoms with van der Waals surface area (Å²) in [4.78, 5) is 20.2. The first-order valence-corrected chi connectivity index (χ1v) is 7.24. The lowest BCUT2D eigenvalue weighted by Crippen LogP contribution is -2.22. The van der Waals surface area contributed by atoms with Gasteiger partial charge in [-0.3, -0.25) is 4.79 Å². The van der Waals surface area contributed by atoms with E-state index in [1.54, 1.807) is 30.5 Å². The molecule has 0 fully saturated rings. The number of benzene rings is 1. The smallest absolute Gasteiger partial charge is 0.254 e. The summed E-state index contributed by atoms with van der Waals surface area (Å²) in [6.45, 7) is 0.314. The van der Waals surface area contributed by atoms with Gasteiger partial charge < -0.3 is 15.1 Å². The van der Waals surface area contributed by atoms with E-state index in [2.05, 4.69) is 20.6 Å². The van der Waals surface area contributed by atoms with Gasteiger partial charge in [0.05, 0.1) is 18.4 Å². The molecule has 0 bridgehead atoms. The summed E-state index contributed by atoms with van der Waals surface area (Å²) in [5.74, 6) is 0.795. The zero-order valence-corrected chi connectivity index (χ0v) is 12.7. The second kappa shape index (κ2) is 6.93. The molecule has 0 unspecified atom stereocenters. The first-order chi connectivity index (χ1) is 11.2. The third-order valence-corrected chi connectivity index (χ3v) is 3.23. The van der Waals surface area contributed by atoms with Crippen LogP contribution in [0.1, 0.15) is 16.1 Å². The Morgan fingerprint density at radius 1 is 1.17 bits per heavy atom. The van der Waals surface area contributed by atoms with Crippen LogP contribution < -0.4 is 10.6 Å². The fraction of sp³-hybridized carbons (Fsp3) is 0.0625. The van der Waals surface area contributed by atoms with E-state index in [1.165, 1.54) is 12.4 Å². The van der Waals surface area contributed by atoms with Gasteiger partial charge in [-0.15, -0.1) is 0 Å². The lowest BCUT2D eigenvalue weighted by Gasteiger charge is -2.06. The number of halogens is 1. The Labute approximate surface area is 137 Å². The van der Waals surface area contributed by atoms with E-state index >= 15 is 0 Å². The number of carbonyl (C=O) groups is 1. The van der Waals surface area contributed by atoms with E-state index in [0.717, 1.165) is 5.69 Å². The molecule has 0 atom stereocenters. The second-order valence-corrected chi connectivity index (χ2v) is 5.13. The highest BCUT2D eigenvalue weighted by Crippen LogP contribution is 2.17. The molecule has 1 amide bonds. The minimum atomic E-state index is -0.268. The molecule has 3 rings (SSSR count). The maximum Gasteiger partial charge on any atom is 0.254 e. The summed E-state index contributed by atoms with van der Waals surface area (Å²) in [6, 6.07) is 10.8. The van der Waals surface area contributed by atoms with Gasteiger partial charge in [-0.25, -0.2) is 9.97 Å². The highest BCUT2D eigenvalue weighted by Gasteiger charge is 2.08. The molecule has 0 spiro atoms. The summed E-state index contributed by atoms with van der Waals surface area (Å²) in [7, 11) is 0. The standard InChI is InChI=1S/C16H13ClN4O2/c17-12-3-1-4-13(7-12)21-16-19-8-11(9-20-16)15(22)18-10-14-5-2-6-23-14/h1-9H,10H2,(H,18,22)(H,19,20,21). The van der Waals surface area contributed by atoms with Crippen molar-refractivity contribution < 1.29 is 9.21 Å². The monoisotopic (exact) mass is 328 g/mol. The van der Waals surface area contributed by atoms with Gasteiger partial charge in [-0.1, -0.05) is 17.7 Å². The minimum absolute atomic E-state index is 0.268. The number of carbonyl (C=O) groups excluding carboxylic acids is 1. The highest BCUT2D eigenvalue weighted by molar-refractivity contribution is 6.30. The maximum absolute atomic E-state index is 12.0. The Kier molecular flexibility index (Phi) is 4.54. The van der Waals surface area contributed by atoms with Crippen molar-refractivity contribution in [3.8, 4) is 0 Å². The van der Waals surface area contributed by atoms with Crippen LogP contribution in [0, 0.1) is 0 Å². The molecular weight excluding hydrogens is 316 g/mol. The van der Waals surface area contributed by atoms with Crippen LogP contribution in [0.25, 0.3) is 0 Å². The van der Waals surface area contributed by atoms with Crippen molar-refractivity contribution in [3.63, 3.8) is 0 Å². The number of amides is 1. The Morgan fingerprint density at radius 2 is 2.00 bits per heavy atom. The zero-order chi connectivity index (χ0) is 16.1. The SMILES string of the molecule is O=C(NCc1ccco1)c1cnc(Nc2cccc(Cl)c2)nc1. The fourth-order valence-electron chi connectivity index (χ4n) is 1.89. The molecule has 0 radical (unpaired) electrons. The van der Waals surface area contributed by atoms with Crippen LogP contribution in [0.2, 0.25) is 5.02 Å². The molecule has 2 aromatic heterocycles. The van der Waals surface area contributed by atoms with E-state index in [-0.39, 0.29) is 5.91 Å². The molecule has 2 heterocycles. The maximum atomic E-state index is 12.0. The summed E-state index contributed by atoms with van der Waals surface area (Å²) < 4.78 is 5.15. The summed E-state index contributed by atoms with van der Waals surface area (Å²) in [5.41, 5.74) is 1.14. The predicted octanol–water partition coefficient (Wildman–Crippen LogP) is 3.40. The van der Waals surface area contributed by atoms with Crippen molar-refractivity contribution in [2.75, 3.05) is 5.32 Å². The average molecular weight is 329 g/mol. The predicted molar refractivity (Wildman–Crippen MR) is 86.6 cm³/mol. The summed E-state index contributed by atoms with van der Waals surface area (Å²) in [6.07, 6.45) is 4.47. The van der Waals surface area contributed by atoms with E-state index < -0.39 is 0 Å². The van der Waals surface area contributed by atoms with E-state index in [9.17, 15) is 4.79 Å². The van der Waals surface area contributed by atoms with Crippen LogP contribution in [0.4, 0.5) is 11.6 Å². The molecule has 3 aromatic rings. The number of hydrogen-bond acceptors (Lipinski definition) is 5. The molecule has 23 heavy (non-hydrogen) atoms. The number of aromatic nitrogens is 2. The van der Waals surface area contributed by atoms with Crippen molar-refractivity contribution in [2.24, 2.45) is 0 Å².